The first-order chi connectivity index (χ1) is 6.97. The maximum atomic E-state index is 11.2. The molecule has 0 aliphatic carbocycles. The van der Waals surface area contributed by atoms with Gasteiger partial charge in [0, 0.05) is 24.2 Å². The summed E-state index contributed by atoms with van der Waals surface area (Å²) in [5, 5.41) is 2.62. The van der Waals surface area contributed by atoms with E-state index in [9.17, 15) is 9.59 Å². The summed E-state index contributed by atoms with van der Waals surface area (Å²) in [7, 11) is 0. The average Bonchev–Trinajstić information content (AvgIpc) is 2.14. The Labute approximate surface area is 90.3 Å². The van der Waals surface area contributed by atoms with E-state index < -0.39 is 0 Å². The molecule has 0 radical (unpaired) electrons. The lowest BCUT2D eigenvalue weighted by atomic mass is 10.2. The van der Waals surface area contributed by atoms with Gasteiger partial charge in [-0.2, -0.15) is 0 Å². The van der Waals surface area contributed by atoms with Crippen molar-refractivity contribution in [2.75, 3.05) is 6.54 Å². The van der Waals surface area contributed by atoms with E-state index in [1.165, 1.54) is 6.08 Å². The molecule has 0 unspecified atom stereocenters. The Bertz CT molecular complexity index is 259. The molecule has 5 heteroatoms. The van der Waals surface area contributed by atoms with Gasteiger partial charge < -0.3 is 10.7 Å². The molecule has 0 atom stereocenters. The molecular weight excluding hydrogens is 194 g/mol. The van der Waals surface area contributed by atoms with Crippen molar-refractivity contribution in [3.05, 3.63) is 11.8 Å². The molecule has 5 nitrogen and oxygen atoms in total. The van der Waals surface area contributed by atoms with Crippen LogP contribution in [0.15, 0.2) is 11.8 Å². The Hall–Kier alpha value is -1.52. The molecule has 0 spiro atoms. The molecule has 0 rings (SSSR count). The number of amides is 2. The average molecular weight is 213 g/mol. The van der Waals surface area contributed by atoms with Gasteiger partial charge in [-0.1, -0.05) is 13.8 Å². The van der Waals surface area contributed by atoms with Crippen molar-refractivity contribution in [1.82, 2.24) is 16.2 Å². The van der Waals surface area contributed by atoms with Crippen LogP contribution >= 0.6 is 0 Å². The summed E-state index contributed by atoms with van der Waals surface area (Å²) >= 11 is 0. The molecule has 86 valence electrons. The first-order valence-electron chi connectivity index (χ1n) is 4.99. The van der Waals surface area contributed by atoms with Gasteiger partial charge in [-0.3, -0.25) is 15.0 Å². The summed E-state index contributed by atoms with van der Waals surface area (Å²) in [6, 6.07) is 0. The summed E-state index contributed by atoms with van der Waals surface area (Å²) in [4.78, 5) is 22.2. The maximum absolute atomic E-state index is 11.2. The largest absolute Gasteiger partial charge is 0.353 e. The zero-order chi connectivity index (χ0) is 11.8. The minimum absolute atomic E-state index is 0.0882. The molecule has 2 amide bonds. The smallest absolute Gasteiger partial charge is 0.245 e. The van der Waals surface area contributed by atoms with Crippen molar-refractivity contribution in [3.63, 3.8) is 0 Å². The molecule has 0 aliphatic heterocycles. The molecule has 0 saturated heterocycles. The highest BCUT2D eigenvalue weighted by molar-refractivity contribution is 5.88. The molecule has 0 aromatic rings. The first-order valence-corrected chi connectivity index (χ1v) is 4.99. The standard InChI is InChI=1S/C10H19N3O2/c1-5-11-9(14)6-8(4)12-13-10(15)7(2)3/h6-7,12H,5H2,1-4H3,(H,11,14)(H,13,15). The van der Waals surface area contributed by atoms with Crippen LogP contribution in [0.1, 0.15) is 27.7 Å². The summed E-state index contributed by atoms with van der Waals surface area (Å²) in [5.41, 5.74) is 5.74. The number of hydrogen-bond donors (Lipinski definition) is 3. The van der Waals surface area contributed by atoms with Gasteiger partial charge in [0.05, 0.1) is 0 Å². The molecule has 0 aliphatic rings. The van der Waals surface area contributed by atoms with Crippen LogP contribution in [0.3, 0.4) is 0 Å². The molecule has 0 aromatic carbocycles. The number of hydrogen-bond acceptors (Lipinski definition) is 3. The molecule has 15 heavy (non-hydrogen) atoms. The Morgan fingerprint density at radius 3 is 2.33 bits per heavy atom. The van der Waals surface area contributed by atoms with E-state index in [1.54, 1.807) is 20.8 Å². The molecule has 3 N–H and O–H groups in total. The predicted octanol–water partition coefficient (Wildman–Crippen LogP) is 0.303. The lowest BCUT2D eigenvalue weighted by Gasteiger charge is -2.10. The summed E-state index contributed by atoms with van der Waals surface area (Å²) < 4.78 is 0. The number of likely N-dealkylation sites (N-methyl/N-ethyl adjacent to an activating group) is 1. The van der Waals surface area contributed by atoms with Crippen LogP contribution in [0.25, 0.3) is 0 Å². The van der Waals surface area contributed by atoms with E-state index in [2.05, 4.69) is 16.2 Å². The minimum atomic E-state index is -0.179. The third-order valence-electron chi connectivity index (χ3n) is 1.61. The van der Waals surface area contributed by atoms with Gasteiger partial charge in [-0.05, 0) is 13.8 Å². The van der Waals surface area contributed by atoms with E-state index in [0.29, 0.717) is 12.2 Å². The highest BCUT2D eigenvalue weighted by atomic mass is 16.2. The first kappa shape index (κ1) is 13.5. The van der Waals surface area contributed by atoms with Crippen molar-refractivity contribution >= 4 is 11.8 Å². The van der Waals surface area contributed by atoms with Crippen molar-refractivity contribution in [1.29, 1.82) is 0 Å². The fraction of sp³-hybridized carbons (Fsp3) is 0.600. The molecule has 0 saturated carbocycles. The van der Waals surface area contributed by atoms with Gasteiger partial charge in [-0.15, -0.1) is 0 Å². The highest BCUT2D eigenvalue weighted by Crippen LogP contribution is 1.90. The minimum Gasteiger partial charge on any atom is -0.353 e. The summed E-state index contributed by atoms with van der Waals surface area (Å²) in [5.74, 6) is -0.380. The van der Waals surface area contributed by atoms with Gasteiger partial charge in [0.25, 0.3) is 0 Å². The van der Waals surface area contributed by atoms with E-state index in [1.807, 2.05) is 6.92 Å². The summed E-state index contributed by atoms with van der Waals surface area (Å²) in [6.45, 7) is 7.71. The van der Waals surface area contributed by atoms with Crippen molar-refractivity contribution in [2.45, 2.75) is 27.7 Å². The second-order valence-electron chi connectivity index (χ2n) is 3.49. The van der Waals surface area contributed by atoms with Crippen LogP contribution < -0.4 is 16.2 Å². The predicted molar refractivity (Wildman–Crippen MR) is 58.6 cm³/mol. The van der Waals surface area contributed by atoms with E-state index in [-0.39, 0.29) is 17.7 Å². The number of carbonyl (C=O) groups excluding carboxylic acids is 2. The third-order valence-corrected chi connectivity index (χ3v) is 1.61. The Morgan fingerprint density at radius 1 is 1.27 bits per heavy atom. The molecular formula is C10H19N3O2. The van der Waals surface area contributed by atoms with Crippen molar-refractivity contribution in [3.8, 4) is 0 Å². The lowest BCUT2D eigenvalue weighted by molar-refractivity contribution is -0.124. The Balaban J connectivity index is 3.97. The van der Waals surface area contributed by atoms with Crippen LogP contribution in [-0.2, 0) is 9.59 Å². The normalized spacial score (nSPS) is 11.1. The van der Waals surface area contributed by atoms with E-state index >= 15 is 0 Å². The number of allylic oxidation sites excluding steroid dienone is 1. The van der Waals surface area contributed by atoms with Gasteiger partial charge in [0.2, 0.25) is 11.8 Å². The van der Waals surface area contributed by atoms with Gasteiger partial charge in [0.15, 0.2) is 0 Å². The van der Waals surface area contributed by atoms with Crippen LogP contribution in [-0.4, -0.2) is 18.4 Å². The lowest BCUT2D eigenvalue weighted by Crippen LogP contribution is -2.39. The van der Waals surface area contributed by atoms with Crippen LogP contribution in [0.2, 0.25) is 0 Å². The van der Waals surface area contributed by atoms with Gasteiger partial charge >= 0.3 is 0 Å². The number of nitrogens with one attached hydrogen (secondary N) is 3. The maximum Gasteiger partial charge on any atom is 0.245 e. The van der Waals surface area contributed by atoms with Gasteiger partial charge in [0.1, 0.15) is 0 Å². The zero-order valence-corrected chi connectivity index (χ0v) is 9.68. The van der Waals surface area contributed by atoms with Crippen LogP contribution in [0, 0.1) is 5.92 Å². The third kappa shape index (κ3) is 6.54. The summed E-state index contributed by atoms with van der Waals surface area (Å²) in [6.07, 6.45) is 1.39. The number of rotatable bonds is 5. The molecule has 0 bridgehead atoms. The monoisotopic (exact) mass is 213 g/mol. The fourth-order valence-corrected chi connectivity index (χ4v) is 0.763. The van der Waals surface area contributed by atoms with E-state index in [4.69, 9.17) is 0 Å². The zero-order valence-electron chi connectivity index (χ0n) is 9.68. The molecule has 0 aromatic heterocycles. The second-order valence-corrected chi connectivity index (χ2v) is 3.49. The van der Waals surface area contributed by atoms with Crippen molar-refractivity contribution < 1.29 is 9.59 Å². The highest BCUT2D eigenvalue weighted by Gasteiger charge is 2.05. The second kappa shape index (κ2) is 6.86. The van der Waals surface area contributed by atoms with Crippen molar-refractivity contribution in [2.24, 2.45) is 5.92 Å². The van der Waals surface area contributed by atoms with E-state index in [0.717, 1.165) is 0 Å². The fourth-order valence-electron chi connectivity index (χ4n) is 0.763. The topological polar surface area (TPSA) is 70.2 Å². The Kier molecular flexibility index (Phi) is 6.17. The van der Waals surface area contributed by atoms with Gasteiger partial charge in [-0.25, -0.2) is 0 Å². The van der Waals surface area contributed by atoms with Crippen LogP contribution in [0.5, 0.6) is 0 Å². The van der Waals surface area contributed by atoms with Crippen LogP contribution in [0.4, 0.5) is 0 Å². The molecule has 0 fully saturated rings. The molecule has 0 heterocycles. The number of hydrazine groups is 1. The Morgan fingerprint density at radius 2 is 1.87 bits per heavy atom. The quantitative estimate of drug-likeness (QED) is 0.454. The number of carbonyl (C=O) groups is 2. The SMILES string of the molecule is CCNC(=O)C=C(C)NNC(=O)C(C)C.